The van der Waals surface area contributed by atoms with E-state index < -0.39 is 0 Å². The average molecular weight is 521 g/mol. The van der Waals surface area contributed by atoms with Gasteiger partial charge in [-0.25, -0.2) is 0 Å². The Bertz CT molecular complexity index is 1130. The summed E-state index contributed by atoms with van der Waals surface area (Å²) >= 11 is 0. The van der Waals surface area contributed by atoms with E-state index in [1.54, 1.807) is 7.11 Å². The highest BCUT2D eigenvalue weighted by molar-refractivity contribution is 6.03. The highest BCUT2D eigenvalue weighted by Gasteiger charge is 2.41. The highest BCUT2D eigenvalue weighted by atomic mass is 16.5. The maximum Gasteiger partial charge on any atom is 0.251 e. The fourth-order valence-corrected chi connectivity index (χ4v) is 5.05. The van der Waals surface area contributed by atoms with E-state index in [1.807, 2.05) is 54.3 Å². The van der Waals surface area contributed by atoms with Crippen LogP contribution in [0.4, 0.5) is 11.4 Å². The third kappa shape index (κ3) is 6.15. The van der Waals surface area contributed by atoms with E-state index in [4.69, 9.17) is 4.74 Å². The number of methoxy groups -OCH3 is 1. The summed E-state index contributed by atoms with van der Waals surface area (Å²) in [7, 11) is 1.64. The molecule has 7 heteroatoms. The first-order valence-electron chi connectivity index (χ1n) is 14.0. The molecule has 3 atom stereocenters. The number of carbonyl (C=O) groups is 2. The van der Waals surface area contributed by atoms with Gasteiger partial charge in [-0.1, -0.05) is 39.8 Å². The van der Waals surface area contributed by atoms with Crippen molar-refractivity contribution in [2.75, 3.05) is 30.0 Å². The predicted octanol–water partition coefficient (Wildman–Crippen LogP) is 5.16. The molecule has 0 saturated heterocycles. The van der Waals surface area contributed by atoms with Crippen LogP contribution in [-0.2, 0) is 4.79 Å². The van der Waals surface area contributed by atoms with E-state index in [-0.39, 0.29) is 42.4 Å². The molecule has 2 aromatic rings. The number of hydrogen-bond acceptors (Lipinski definition) is 5. The van der Waals surface area contributed by atoms with Crippen molar-refractivity contribution in [1.82, 2.24) is 10.6 Å². The molecule has 0 aromatic heterocycles. The van der Waals surface area contributed by atoms with Gasteiger partial charge in [0.25, 0.3) is 5.91 Å². The average Bonchev–Trinajstić information content (AvgIpc) is 3.75. The molecule has 2 N–H and O–H groups in total. The van der Waals surface area contributed by atoms with Crippen molar-refractivity contribution in [3.05, 3.63) is 53.6 Å². The number of hydrogen-bond donors (Lipinski definition) is 2. The van der Waals surface area contributed by atoms with E-state index >= 15 is 0 Å². The summed E-state index contributed by atoms with van der Waals surface area (Å²) in [6.07, 6.45) is 2.35. The maximum atomic E-state index is 13.7. The number of nitrogens with zero attached hydrogens (tertiary/aromatic N) is 2. The Morgan fingerprint density at radius 1 is 0.974 bits per heavy atom. The van der Waals surface area contributed by atoms with Gasteiger partial charge in [0.05, 0.1) is 37.1 Å². The van der Waals surface area contributed by atoms with Crippen molar-refractivity contribution in [3.8, 4) is 5.75 Å². The normalized spacial score (nSPS) is 18.8. The van der Waals surface area contributed by atoms with Gasteiger partial charge in [0.2, 0.25) is 5.91 Å². The van der Waals surface area contributed by atoms with E-state index in [0.29, 0.717) is 17.5 Å². The number of carbonyl (C=O) groups excluding carboxylic acids is 2. The number of fused-ring (bicyclic) bond motifs is 1. The lowest BCUT2D eigenvalue weighted by atomic mass is 9.95. The topological polar surface area (TPSA) is 73.9 Å². The molecule has 1 heterocycles. The summed E-state index contributed by atoms with van der Waals surface area (Å²) in [5.74, 6) is 1.40. The second kappa shape index (κ2) is 11.8. The number of rotatable bonds is 10. The van der Waals surface area contributed by atoms with Crippen LogP contribution in [0.1, 0.15) is 76.3 Å². The lowest BCUT2D eigenvalue weighted by Crippen LogP contribution is -2.56. The van der Waals surface area contributed by atoms with Gasteiger partial charge >= 0.3 is 0 Å². The maximum absolute atomic E-state index is 13.7. The molecule has 1 aliphatic carbocycles. The molecule has 2 aromatic carbocycles. The summed E-state index contributed by atoms with van der Waals surface area (Å²) in [5.41, 5.74) is 3.45. The van der Waals surface area contributed by atoms with Crippen LogP contribution in [0.25, 0.3) is 0 Å². The quantitative estimate of drug-likeness (QED) is 0.453. The van der Waals surface area contributed by atoms with Crippen LogP contribution >= 0.6 is 0 Å². The fourth-order valence-electron chi connectivity index (χ4n) is 5.05. The molecule has 0 radical (unpaired) electrons. The standard InChI is InChI=1S/C31H44N4O3/c1-19(2)21(5)32-17-30(36)35-28-16-24(31(37)33-22(6)23-8-13-26(38-7)14-9-23)10-15-27(28)34(25-11-12-25)18-29(35)20(3)4/h8-10,13-16,19-22,25,29,32H,11-12,17-18H2,1-7H3,(H,33,37)/t21-,22-,29?/m0/s1. The molecular formula is C31H44N4O3. The van der Waals surface area contributed by atoms with Crippen molar-refractivity contribution >= 4 is 23.2 Å². The second-order valence-electron chi connectivity index (χ2n) is 11.5. The molecule has 7 nitrogen and oxygen atoms in total. The molecule has 2 aliphatic rings. The van der Waals surface area contributed by atoms with Gasteiger partial charge in [0.1, 0.15) is 5.75 Å². The third-order valence-electron chi connectivity index (χ3n) is 8.09. The number of ether oxygens (including phenoxy) is 1. The third-order valence-corrected chi connectivity index (χ3v) is 8.09. The minimum absolute atomic E-state index is 0.0447. The minimum Gasteiger partial charge on any atom is -0.497 e. The van der Waals surface area contributed by atoms with Gasteiger partial charge < -0.3 is 25.2 Å². The van der Waals surface area contributed by atoms with Crippen molar-refractivity contribution in [3.63, 3.8) is 0 Å². The van der Waals surface area contributed by atoms with E-state index in [9.17, 15) is 9.59 Å². The van der Waals surface area contributed by atoms with Gasteiger partial charge in [0, 0.05) is 24.2 Å². The number of amides is 2. The van der Waals surface area contributed by atoms with Crippen LogP contribution in [0.5, 0.6) is 5.75 Å². The Hall–Kier alpha value is -3.06. The first-order chi connectivity index (χ1) is 18.1. The van der Waals surface area contributed by atoms with Crippen LogP contribution in [0.15, 0.2) is 42.5 Å². The molecule has 0 bridgehead atoms. The van der Waals surface area contributed by atoms with Gasteiger partial charge in [-0.15, -0.1) is 0 Å². The number of benzene rings is 2. The molecule has 1 fully saturated rings. The molecule has 38 heavy (non-hydrogen) atoms. The largest absolute Gasteiger partial charge is 0.497 e. The Kier molecular flexibility index (Phi) is 8.66. The molecule has 1 unspecified atom stereocenters. The molecule has 2 amide bonds. The van der Waals surface area contributed by atoms with Crippen molar-refractivity contribution in [2.24, 2.45) is 11.8 Å². The van der Waals surface area contributed by atoms with Gasteiger partial charge in [-0.05, 0) is 74.4 Å². The van der Waals surface area contributed by atoms with Gasteiger partial charge in [-0.3, -0.25) is 9.59 Å². The Balaban J connectivity index is 1.62. The SMILES string of the molecule is COc1ccc([C@H](C)NC(=O)c2ccc3c(c2)N(C(=O)CN[C@@H](C)C(C)C)C(C(C)C)CN3C2CC2)cc1. The first kappa shape index (κ1) is 28.0. The molecule has 0 spiro atoms. The summed E-state index contributed by atoms with van der Waals surface area (Å²) < 4.78 is 5.25. The fraction of sp³-hybridized carbons (Fsp3) is 0.548. The Morgan fingerprint density at radius 2 is 1.66 bits per heavy atom. The van der Waals surface area contributed by atoms with E-state index in [2.05, 4.69) is 50.2 Å². The molecule has 4 rings (SSSR count). The highest BCUT2D eigenvalue weighted by Crippen LogP contribution is 2.43. The van der Waals surface area contributed by atoms with Crippen LogP contribution < -0.4 is 25.2 Å². The van der Waals surface area contributed by atoms with Crippen LogP contribution in [-0.4, -0.2) is 50.1 Å². The zero-order valence-electron chi connectivity index (χ0n) is 24.0. The Morgan fingerprint density at radius 3 is 2.24 bits per heavy atom. The van der Waals surface area contributed by atoms with Crippen LogP contribution in [0, 0.1) is 11.8 Å². The second-order valence-corrected chi connectivity index (χ2v) is 11.5. The number of nitrogens with one attached hydrogen (secondary N) is 2. The molecule has 1 saturated carbocycles. The lowest BCUT2D eigenvalue weighted by Gasteiger charge is -2.45. The van der Waals surface area contributed by atoms with Crippen molar-refractivity contribution in [2.45, 2.75) is 78.6 Å². The zero-order chi connectivity index (χ0) is 27.6. The monoisotopic (exact) mass is 520 g/mol. The summed E-state index contributed by atoms with van der Waals surface area (Å²) in [6.45, 7) is 13.8. The number of anilines is 2. The molecular weight excluding hydrogens is 476 g/mol. The zero-order valence-corrected chi connectivity index (χ0v) is 24.0. The van der Waals surface area contributed by atoms with Crippen LogP contribution in [0.2, 0.25) is 0 Å². The van der Waals surface area contributed by atoms with Crippen LogP contribution in [0.3, 0.4) is 0 Å². The van der Waals surface area contributed by atoms with Gasteiger partial charge in [-0.2, -0.15) is 0 Å². The first-order valence-corrected chi connectivity index (χ1v) is 14.0. The smallest absolute Gasteiger partial charge is 0.251 e. The lowest BCUT2D eigenvalue weighted by molar-refractivity contribution is -0.118. The molecule has 206 valence electrons. The van der Waals surface area contributed by atoms with Crippen molar-refractivity contribution in [1.29, 1.82) is 0 Å². The summed E-state index contributed by atoms with van der Waals surface area (Å²) in [6, 6.07) is 14.2. The van der Waals surface area contributed by atoms with E-state index in [1.165, 1.54) is 12.8 Å². The Labute approximate surface area is 227 Å². The summed E-state index contributed by atoms with van der Waals surface area (Å²) in [5, 5.41) is 6.54. The molecule has 1 aliphatic heterocycles. The van der Waals surface area contributed by atoms with E-state index in [0.717, 1.165) is 29.2 Å². The summed E-state index contributed by atoms with van der Waals surface area (Å²) in [4.78, 5) is 31.5. The minimum atomic E-state index is -0.171. The van der Waals surface area contributed by atoms with Gasteiger partial charge in [0.15, 0.2) is 0 Å². The van der Waals surface area contributed by atoms with Crippen molar-refractivity contribution < 1.29 is 14.3 Å². The predicted molar refractivity (Wildman–Crippen MR) is 154 cm³/mol.